The van der Waals surface area contributed by atoms with Gasteiger partial charge in [-0.05, 0) is 31.4 Å². The normalized spacial score (nSPS) is 19.7. The van der Waals surface area contributed by atoms with Crippen LogP contribution in [0.2, 0.25) is 0 Å². The maximum atomic E-state index is 13.0. The Morgan fingerprint density at radius 3 is 2.74 bits per heavy atom. The van der Waals surface area contributed by atoms with Crippen LogP contribution in [0, 0.1) is 18.8 Å². The van der Waals surface area contributed by atoms with Gasteiger partial charge in [0.25, 0.3) is 5.91 Å². The number of carbonyl (C=O) groups is 2. The Balaban J connectivity index is 1.49. The maximum absolute atomic E-state index is 13.0. The number of carbonyl (C=O) groups excluding carboxylic acids is 2. The molecule has 0 bridgehead atoms. The van der Waals surface area contributed by atoms with Crippen molar-refractivity contribution in [2.75, 3.05) is 26.3 Å². The highest BCUT2D eigenvalue weighted by Crippen LogP contribution is 2.24. The molecular formula is C23H31N5O3. The minimum atomic E-state index is -0.228. The Labute approximate surface area is 183 Å². The van der Waals surface area contributed by atoms with Crippen molar-refractivity contribution in [3.8, 4) is 0 Å². The van der Waals surface area contributed by atoms with Gasteiger partial charge in [0, 0.05) is 38.2 Å². The van der Waals surface area contributed by atoms with Gasteiger partial charge in [-0.15, -0.1) is 10.2 Å². The van der Waals surface area contributed by atoms with Crippen molar-refractivity contribution in [2.45, 2.75) is 46.2 Å². The van der Waals surface area contributed by atoms with Gasteiger partial charge in [-0.25, -0.2) is 0 Å². The fraction of sp³-hybridized carbons (Fsp3) is 0.565. The number of nitrogens with zero attached hydrogens (tertiary/aromatic N) is 4. The van der Waals surface area contributed by atoms with Crippen LogP contribution in [0.5, 0.6) is 0 Å². The lowest BCUT2D eigenvalue weighted by molar-refractivity contribution is -0.126. The molecule has 8 nitrogen and oxygen atoms in total. The number of benzene rings is 1. The Kier molecular flexibility index (Phi) is 6.36. The fourth-order valence-corrected chi connectivity index (χ4v) is 4.28. The number of aryl methyl sites for hydroxylation is 1. The summed E-state index contributed by atoms with van der Waals surface area (Å²) < 4.78 is 7.45. The average Bonchev–Trinajstić information content (AvgIpc) is 3.38. The summed E-state index contributed by atoms with van der Waals surface area (Å²) >= 11 is 0. The first-order valence-corrected chi connectivity index (χ1v) is 11.1. The molecule has 0 radical (unpaired) electrons. The van der Waals surface area contributed by atoms with Crippen LogP contribution in [0.4, 0.5) is 0 Å². The summed E-state index contributed by atoms with van der Waals surface area (Å²) in [5.74, 6) is 1.74. The molecule has 1 aromatic heterocycles. The average molecular weight is 426 g/mol. The van der Waals surface area contributed by atoms with Gasteiger partial charge >= 0.3 is 0 Å². The number of hydrogen-bond donors (Lipinski definition) is 1. The van der Waals surface area contributed by atoms with Gasteiger partial charge in [-0.2, -0.15) is 0 Å². The SMILES string of the molecule is Cc1cccc(C(=O)N2CCc3nnc([C@H](NC(=O)[C@@H]4CCOC4)C(C)C)n3CC2)c1. The monoisotopic (exact) mass is 425 g/mol. The van der Waals surface area contributed by atoms with Crippen LogP contribution in [-0.4, -0.2) is 57.8 Å². The highest BCUT2D eigenvalue weighted by Gasteiger charge is 2.31. The second-order valence-electron chi connectivity index (χ2n) is 8.83. The predicted octanol–water partition coefficient (Wildman–Crippen LogP) is 2.13. The molecule has 166 valence electrons. The molecule has 0 spiro atoms. The molecule has 4 rings (SSSR count). The third-order valence-electron chi connectivity index (χ3n) is 6.15. The highest BCUT2D eigenvalue weighted by molar-refractivity contribution is 5.94. The van der Waals surface area contributed by atoms with E-state index in [4.69, 9.17) is 4.74 Å². The van der Waals surface area contributed by atoms with E-state index in [0.717, 1.165) is 23.6 Å². The molecule has 2 atom stereocenters. The molecule has 1 N–H and O–H groups in total. The fourth-order valence-electron chi connectivity index (χ4n) is 4.28. The third-order valence-corrected chi connectivity index (χ3v) is 6.15. The Hall–Kier alpha value is -2.74. The first-order valence-electron chi connectivity index (χ1n) is 11.1. The number of hydrogen-bond acceptors (Lipinski definition) is 5. The number of amides is 2. The van der Waals surface area contributed by atoms with E-state index in [0.29, 0.717) is 44.8 Å². The molecule has 31 heavy (non-hydrogen) atoms. The van der Waals surface area contributed by atoms with E-state index in [9.17, 15) is 9.59 Å². The number of rotatable bonds is 5. The van der Waals surface area contributed by atoms with Gasteiger partial charge in [0.15, 0.2) is 5.82 Å². The van der Waals surface area contributed by atoms with Gasteiger partial charge in [-0.3, -0.25) is 9.59 Å². The van der Waals surface area contributed by atoms with Crippen LogP contribution in [0.15, 0.2) is 24.3 Å². The van der Waals surface area contributed by atoms with E-state index < -0.39 is 0 Å². The number of ether oxygens (including phenoxy) is 1. The zero-order valence-electron chi connectivity index (χ0n) is 18.5. The molecule has 0 unspecified atom stereocenters. The Bertz CT molecular complexity index is 948. The van der Waals surface area contributed by atoms with E-state index in [1.165, 1.54) is 0 Å². The molecule has 1 saturated heterocycles. The van der Waals surface area contributed by atoms with Crippen molar-refractivity contribution in [3.05, 3.63) is 47.0 Å². The molecule has 8 heteroatoms. The topological polar surface area (TPSA) is 89.3 Å². The Morgan fingerprint density at radius 1 is 1.19 bits per heavy atom. The van der Waals surface area contributed by atoms with E-state index >= 15 is 0 Å². The first-order chi connectivity index (χ1) is 14.9. The molecule has 2 aliphatic rings. The second kappa shape index (κ2) is 9.18. The summed E-state index contributed by atoms with van der Waals surface area (Å²) in [5.41, 5.74) is 1.78. The molecule has 0 saturated carbocycles. The van der Waals surface area contributed by atoms with E-state index in [1.54, 1.807) is 0 Å². The van der Waals surface area contributed by atoms with E-state index in [2.05, 4.69) is 33.9 Å². The van der Waals surface area contributed by atoms with Crippen LogP contribution in [0.1, 0.15) is 53.9 Å². The Morgan fingerprint density at radius 2 is 2.03 bits per heavy atom. The quantitative estimate of drug-likeness (QED) is 0.793. The summed E-state index contributed by atoms with van der Waals surface area (Å²) in [5, 5.41) is 12.0. The zero-order chi connectivity index (χ0) is 22.0. The number of aromatic nitrogens is 3. The minimum absolute atomic E-state index is 0.0124. The first kappa shape index (κ1) is 21.5. The van der Waals surface area contributed by atoms with E-state index in [1.807, 2.05) is 36.1 Å². The van der Waals surface area contributed by atoms with Crippen molar-refractivity contribution in [1.82, 2.24) is 25.0 Å². The lowest BCUT2D eigenvalue weighted by atomic mass is 10.0. The standard InChI is InChI=1S/C23H31N5O3/c1-15(2)20(24-22(29)18-8-12-31-14-18)21-26-25-19-7-9-27(10-11-28(19)21)23(30)17-6-4-5-16(3)13-17/h4-6,13,15,18,20H,7-12,14H2,1-3H3,(H,24,29)/t18-,20-/m1/s1. The lowest BCUT2D eigenvalue weighted by Crippen LogP contribution is -2.38. The lowest BCUT2D eigenvalue weighted by Gasteiger charge is -2.24. The van der Waals surface area contributed by atoms with Gasteiger partial charge in [0.05, 0.1) is 18.6 Å². The third kappa shape index (κ3) is 4.63. The summed E-state index contributed by atoms with van der Waals surface area (Å²) in [4.78, 5) is 27.6. The van der Waals surface area contributed by atoms with Gasteiger partial charge in [-0.1, -0.05) is 31.5 Å². The van der Waals surface area contributed by atoms with Crippen molar-refractivity contribution in [3.63, 3.8) is 0 Å². The molecule has 0 aliphatic carbocycles. The number of fused-ring (bicyclic) bond motifs is 1. The molecule has 1 fully saturated rings. The number of nitrogens with one attached hydrogen (secondary N) is 1. The summed E-state index contributed by atoms with van der Waals surface area (Å²) in [7, 11) is 0. The van der Waals surface area contributed by atoms with Crippen LogP contribution >= 0.6 is 0 Å². The molecule has 2 aliphatic heterocycles. The summed E-state index contributed by atoms with van der Waals surface area (Å²) in [6, 6.07) is 7.47. The van der Waals surface area contributed by atoms with E-state index in [-0.39, 0.29) is 29.7 Å². The van der Waals surface area contributed by atoms with Crippen molar-refractivity contribution in [2.24, 2.45) is 11.8 Å². The largest absolute Gasteiger partial charge is 0.381 e. The van der Waals surface area contributed by atoms with Crippen molar-refractivity contribution < 1.29 is 14.3 Å². The molecule has 3 heterocycles. The molecular weight excluding hydrogens is 394 g/mol. The smallest absolute Gasteiger partial charge is 0.253 e. The predicted molar refractivity (Wildman–Crippen MR) is 115 cm³/mol. The maximum Gasteiger partial charge on any atom is 0.253 e. The second-order valence-corrected chi connectivity index (χ2v) is 8.83. The van der Waals surface area contributed by atoms with Gasteiger partial charge < -0.3 is 19.5 Å². The molecule has 2 aromatic rings. The van der Waals surface area contributed by atoms with Crippen LogP contribution in [0.25, 0.3) is 0 Å². The zero-order valence-corrected chi connectivity index (χ0v) is 18.5. The minimum Gasteiger partial charge on any atom is -0.381 e. The highest BCUT2D eigenvalue weighted by atomic mass is 16.5. The van der Waals surface area contributed by atoms with Crippen molar-refractivity contribution >= 4 is 11.8 Å². The van der Waals surface area contributed by atoms with Crippen LogP contribution in [0.3, 0.4) is 0 Å². The van der Waals surface area contributed by atoms with Gasteiger partial charge in [0.2, 0.25) is 5.91 Å². The van der Waals surface area contributed by atoms with Gasteiger partial charge in [0.1, 0.15) is 5.82 Å². The van der Waals surface area contributed by atoms with Crippen LogP contribution < -0.4 is 5.32 Å². The summed E-state index contributed by atoms with van der Waals surface area (Å²) in [6.45, 7) is 9.04. The van der Waals surface area contributed by atoms with Crippen molar-refractivity contribution in [1.29, 1.82) is 0 Å². The molecule has 2 amide bonds. The van der Waals surface area contributed by atoms with Crippen LogP contribution in [-0.2, 0) is 22.5 Å². The summed E-state index contributed by atoms with van der Waals surface area (Å²) in [6.07, 6.45) is 1.39. The molecule has 1 aromatic carbocycles.